The van der Waals surface area contributed by atoms with Crippen molar-refractivity contribution in [1.82, 2.24) is 4.90 Å². The molecule has 17 heteroatoms. The second-order valence-corrected chi connectivity index (χ2v) is 17.2. The first kappa shape index (κ1) is 49.6. The number of likely N-dealkylation sites (N-methyl/N-ethyl adjacent to an activating group) is 1. The smallest absolute Gasteiger partial charge is 0.417 e. The minimum Gasteiger partial charge on any atom is -0.497 e. The van der Waals surface area contributed by atoms with E-state index in [2.05, 4.69) is 24.0 Å². The van der Waals surface area contributed by atoms with Crippen LogP contribution in [0, 0.1) is 39.2 Å². The van der Waals surface area contributed by atoms with E-state index in [1.54, 1.807) is 90.8 Å². The van der Waals surface area contributed by atoms with Gasteiger partial charge in [0.25, 0.3) is 11.6 Å². The second kappa shape index (κ2) is 22.7. The molecule has 17 nitrogen and oxygen atoms in total. The number of non-ortho nitro benzene ring substituents is 1. The standard InChI is InChI=1S/C52H57N5O12/c1-5-26-66-52-47(56(2)50(60)35-16-12-33(31-53)13-17-35)30-44(55-67-32-34-14-18-37(19-15-34)57(62)63)41-27-36(10-6-8-24-58)40(11-7-9-25-59)48(49(41)52)42-28-39(21-23-45(42)69-52)68-51(61)54-43-22-20-38(64-3)29-46(43)65-4/h5,12-23,27-29,36,40,47-49,58-59H,1,6-11,24-26,30,32H2,2-4H3,(H,54,61). The van der Waals surface area contributed by atoms with Gasteiger partial charge in [0.1, 0.15) is 35.6 Å². The monoisotopic (exact) mass is 943 g/mol. The molecule has 3 aliphatic rings. The molecule has 1 fully saturated rings. The van der Waals surface area contributed by atoms with Crippen molar-refractivity contribution in [3.63, 3.8) is 0 Å². The molecule has 69 heavy (non-hydrogen) atoms. The topological polar surface area (TPSA) is 225 Å². The summed E-state index contributed by atoms with van der Waals surface area (Å²) in [6, 6.07) is 23.7. The van der Waals surface area contributed by atoms with Crippen LogP contribution in [0.4, 0.5) is 16.2 Å². The third-order valence-electron chi connectivity index (χ3n) is 13.1. The molecule has 2 amide bonds. The number of nitriles is 1. The lowest BCUT2D eigenvalue weighted by atomic mass is 9.55. The lowest BCUT2D eigenvalue weighted by Crippen LogP contribution is -2.69. The number of amides is 2. The summed E-state index contributed by atoms with van der Waals surface area (Å²) in [4.78, 5) is 46.8. The van der Waals surface area contributed by atoms with Gasteiger partial charge in [-0.25, -0.2) is 4.79 Å². The van der Waals surface area contributed by atoms with Crippen molar-refractivity contribution < 1.29 is 53.2 Å². The van der Waals surface area contributed by atoms with E-state index >= 15 is 0 Å². The lowest BCUT2D eigenvalue weighted by Gasteiger charge is -2.59. The third-order valence-corrected chi connectivity index (χ3v) is 13.1. The number of anilines is 1. The van der Waals surface area contributed by atoms with Gasteiger partial charge in [0.05, 0.1) is 54.7 Å². The zero-order chi connectivity index (χ0) is 49.1. The number of ether oxygens (including phenoxy) is 5. The number of methoxy groups -OCH3 is 2. The van der Waals surface area contributed by atoms with Gasteiger partial charge in [-0.15, -0.1) is 6.58 Å². The number of aliphatic hydroxyl groups excluding tert-OH is 2. The molecule has 6 unspecified atom stereocenters. The molecule has 0 spiro atoms. The highest BCUT2D eigenvalue weighted by molar-refractivity contribution is 6.03. The Morgan fingerprint density at radius 2 is 1.71 bits per heavy atom. The number of unbranched alkanes of at least 4 members (excludes halogenated alkanes) is 2. The Balaban J connectivity index is 1.38. The van der Waals surface area contributed by atoms with Crippen molar-refractivity contribution in [1.29, 1.82) is 5.26 Å². The number of carbonyl (C=O) groups is 2. The molecule has 1 aliphatic heterocycles. The molecule has 362 valence electrons. The fourth-order valence-corrected chi connectivity index (χ4v) is 9.87. The van der Waals surface area contributed by atoms with Gasteiger partial charge in [0.2, 0.25) is 5.79 Å². The quantitative estimate of drug-likeness (QED) is 0.0308. The highest BCUT2D eigenvalue weighted by Crippen LogP contribution is 2.62. The number of benzene rings is 4. The predicted octanol–water partition coefficient (Wildman–Crippen LogP) is 8.70. The third kappa shape index (κ3) is 10.9. The maximum Gasteiger partial charge on any atom is 0.417 e. The minimum absolute atomic E-state index is 0.00246. The van der Waals surface area contributed by atoms with Crippen LogP contribution in [0.2, 0.25) is 0 Å². The van der Waals surface area contributed by atoms with Crippen LogP contribution in [0.5, 0.6) is 23.0 Å². The Labute approximate surface area is 400 Å². The number of oxime groups is 1. The van der Waals surface area contributed by atoms with Gasteiger partial charge in [0.15, 0.2) is 0 Å². The first-order valence-electron chi connectivity index (χ1n) is 22.9. The van der Waals surface area contributed by atoms with Gasteiger partial charge in [0, 0.05) is 61.9 Å². The molecule has 1 heterocycles. The number of nitro groups is 1. The van der Waals surface area contributed by atoms with Crippen molar-refractivity contribution in [3.8, 4) is 29.1 Å². The number of carbonyl (C=O) groups excluding carboxylic acids is 2. The number of aliphatic hydroxyl groups is 2. The Morgan fingerprint density at radius 3 is 2.38 bits per heavy atom. The summed E-state index contributed by atoms with van der Waals surface area (Å²) in [5, 5.41) is 48.4. The van der Waals surface area contributed by atoms with Crippen molar-refractivity contribution in [2.45, 2.75) is 69.3 Å². The van der Waals surface area contributed by atoms with Crippen molar-refractivity contribution >= 4 is 29.1 Å². The van der Waals surface area contributed by atoms with E-state index in [1.807, 2.05) is 0 Å². The Morgan fingerprint density at radius 1 is 0.986 bits per heavy atom. The number of fused-ring (bicyclic) bond motifs is 2. The van der Waals surface area contributed by atoms with Crippen LogP contribution < -0.4 is 24.3 Å². The Bertz CT molecular complexity index is 2590. The van der Waals surface area contributed by atoms with E-state index in [0.29, 0.717) is 83.9 Å². The molecule has 4 aromatic carbocycles. The van der Waals surface area contributed by atoms with Crippen molar-refractivity contribution in [2.75, 3.05) is 46.4 Å². The fraction of sp³-hybridized carbons (Fsp3) is 0.385. The summed E-state index contributed by atoms with van der Waals surface area (Å²) in [5.41, 5.74) is 3.71. The van der Waals surface area contributed by atoms with Crippen LogP contribution in [0.15, 0.2) is 114 Å². The molecule has 2 aliphatic carbocycles. The molecule has 0 saturated heterocycles. The van der Waals surface area contributed by atoms with Crippen LogP contribution in [0.25, 0.3) is 0 Å². The van der Waals surface area contributed by atoms with Gasteiger partial charge >= 0.3 is 6.09 Å². The SMILES string of the molecule is C=CCOC12Oc3ccc(OC(=O)Nc4ccc(OC)cc4OC)cc3C3C(CCCCO)C(CCCCO)C=C(C(=NOCc4ccc([N+](=O)[O-])cc4)CC1N(C)C(=O)c1ccc(C#N)cc1)C32. The van der Waals surface area contributed by atoms with E-state index < -0.39 is 34.7 Å². The zero-order valence-corrected chi connectivity index (χ0v) is 38.9. The van der Waals surface area contributed by atoms with E-state index in [9.17, 15) is 35.2 Å². The molecular formula is C52H57N5O12. The Hall–Kier alpha value is -7.26. The van der Waals surface area contributed by atoms with E-state index in [-0.39, 0.29) is 62.0 Å². The van der Waals surface area contributed by atoms with Crippen molar-refractivity contribution in [3.05, 3.63) is 142 Å². The number of nitro benzene ring substituents is 1. The molecule has 0 radical (unpaired) electrons. The number of hydrogen-bond acceptors (Lipinski definition) is 14. The molecule has 1 saturated carbocycles. The highest BCUT2D eigenvalue weighted by atomic mass is 16.7. The van der Waals surface area contributed by atoms with E-state index in [4.69, 9.17) is 33.7 Å². The molecule has 7 rings (SSSR count). The normalized spacial score (nSPS) is 21.5. The Kier molecular flexibility index (Phi) is 16.3. The summed E-state index contributed by atoms with van der Waals surface area (Å²) < 4.78 is 31.0. The second-order valence-electron chi connectivity index (χ2n) is 17.2. The molecule has 3 N–H and O–H groups in total. The molecule has 4 aromatic rings. The lowest BCUT2D eigenvalue weighted by molar-refractivity contribution is -0.384. The van der Waals surface area contributed by atoms with Gasteiger partial charge < -0.3 is 43.6 Å². The largest absolute Gasteiger partial charge is 0.497 e. The summed E-state index contributed by atoms with van der Waals surface area (Å²) in [6.45, 7) is 4.02. The van der Waals surface area contributed by atoms with Gasteiger partial charge in [-0.05, 0) is 115 Å². The average molecular weight is 944 g/mol. The number of hydrogen-bond donors (Lipinski definition) is 3. The molecule has 0 aromatic heterocycles. The van der Waals surface area contributed by atoms with Gasteiger partial charge in [-0.3, -0.25) is 20.2 Å². The van der Waals surface area contributed by atoms with Gasteiger partial charge in [-0.2, -0.15) is 5.26 Å². The van der Waals surface area contributed by atoms with E-state index in [1.165, 1.54) is 26.4 Å². The van der Waals surface area contributed by atoms with Gasteiger partial charge in [-0.1, -0.05) is 30.1 Å². The number of nitrogens with zero attached hydrogens (tertiary/aromatic N) is 4. The molecule has 0 bridgehead atoms. The average Bonchev–Trinajstić information content (AvgIpc) is 3.36. The number of rotatable bonds is 21. The van der Waals surface area contributed by atoms with Crippen LogP contribution in [0.1, 0.15) is 77.9 Å². The highest BCUT2D eigenvalue weighted by Gasteiger charge is 2.65. The van der Waals surface area contributed by atoms with E-state index in [0.717, 1.165) is 11.1 Å². The maximum absolute atomic E-state index is 14.7. The van der Waals surface area contributed by atoms with Crippen LogP contribution in [-0.4, -0.2) is 90.7 Å². The first-order valence-corrected chi connectivity index (χ1v) is 22.9. The van der Waals surface area contributed by atoms with Crippen LogP contribution in [-0.2, 0) is 16.2 Å². The zero-order valence-electron chi connectivity index (χ0n) is 38.9. The summed E-state index contributed by atoms with van der Waals surface area (Å²) >= 11 is 0. The first-order chi connectivity index (χ1) is 33.5. The van der Waals surface area contributed by atoms with Crippen LogP contribution >= 0.6 is 0 Å². The molecule has 6 atom stereocenters. The van der Waals surface area contributed by atoms with Crippen molar-refractivity contribution in [2.24, 2.45) is 22.9 Å². The predicted molar refractivity (Wildman–Crippen MR) is 255 cm³/mol. The molecular weight excluding hydrogens is 887 g/mol. The van der Waals surface area contributed by atoms with Crippen LogP contribution in [0.3, 0.4) is 0 Å². The minimum atomic E-state index is -1.57. The number of allylic oxidation sites excluding steroid dienone is 1. The maximum atomic E-state index is 14.7. The summed E-state index contributed by atoms with van der Waals surface area (Å²) in [7, 11) is 4.68. The number of nitrogens with one attached hydrogen (secondary N) is 1. The summed E-state index contributed by atoms with van der Waals surface area (Å²) in [5.74, 6) is -1.64. The summed E-state index contributed by atoms with van der Waals surface area (Å²) in [6.07, 6.45) is 7.06. The fourth-order valence-electron chi connectivity index (χ4n) is 9.87.